The molecule has 0 radical (unpaired) electrons. The van der Waals surface area contributed by atoms with E-state index in [4.69, 9.17) is 19.3 Å². The standard InChI is InChI=1S/C18H18O5/c1-21-15-7-9-17(10-8-15)23-13-12-22-16-5-2-14(3-6-16)4-11-18(19)20/h2-11H,12-13H2,1H3,(H,19,20). The topological polar surface area (TPSA) is 65.0 Å². The molecule has 0 atom stereocenters. The predicted molar refractivity (Wildman–Crippen MR) is 87.1 cm³/mol. The van der Waals surface area contributed by atoms with Gasteiger partial charge in [-0.3, -0.25) is 0 Å². The molecule has 5 heteroatoms. The lowest BCUT2D eigenvalue weighted by atomic mass is 10.2. The van der Waals surface area contributed by atoms with Gasteiger partial charge in [0.1, 0.15) is 30.5 Å². The van der Waals surface area contributed by atoms with Gasteiger partial charge in [0, 0.05) is 6.08 Å². The first-order valence-electron chi connectivity index (χ1n) is 7.08. The van der Waals surface area contributed by atoms with Crippen molar-refractivity contribution in [2.24, 2.45) is 0 Å². The normalized spacial score (nSPS) is 10.5. The number of rotatable bonds is 8. The van der Waals surface area contributed by atoms with Gasteiger partial charge in [0.15, 0.2) is 0 Å². The van der Waals surface area contributed by atoms with E-state index in [1.54, 1.807) is 31.4 Å². The van der Waals surface area contributed by atoms with Crippen LogP contribution in [-0.4, -0.2) is 31.4 Å². The maximum absolute atomic E-state index is 10.4. The summed E-state index contributed by atoms with van der Waals surface area (Å²) < 4.78 is 16.2. The zero-order valence-electron chi connectivity index (χ0n) is 12.8. The molecule has 0 aliphatic carbocycles. The zero-order chi connectivity index (χ0) is 16.5. The summed E-state index contributed by atoms with van der Waals surface area (Å²) in [4.78, 5) is 10.4. The molecule has 0 heterocycles. The van der Waals surface area contributed by atoms with Crippen molar-refractivity contribution in [3.63, 3.8) is 0 Å². The molecule has 0 aromatic heterocycles. The molecule has 0 amide bonds. The maximum atomic E-state index is 10.4. The molecule has 0 fully saturated rings. The van der Waals surface area contributed by atoms with Crippen LogP contribution < -0.4 is 14.2 Å². The van der Waals surface area contributed by atoms with E-state index in [0.29, 0.717) is 19.0 Å². The molecule has 0 saturated heterocycles. The quantitative estimate of drug-likeness (QED) is 0.598. The van der Waals surface area contributed by atoms with Crippen LogP contribution in [0.2, 0.25) is 0 Å². The third-order valence-corrected chi connectivity index (χ3v) is 2.98. The summed E-state index contributed by atoms with van der Waals surface area (Å²) in [5.74, 6) is 1.27. The van der Waals surface area contributed by atoms with Crippen molar-refractivity contribution in [3.8, 4) is 17.2 Å². The van der Waals surface area contributed by atoms with Gasteiger partial charge in [-0.05, 0) is 48.0 Å². The van der Waals surface area contributed by atoms with Gasteiger partial charge in [-0.15, -0.1) is 0 Å². The Balaban J connectivity index is 1.74. The second kappa shape index (κ2) is 8.48. The molecular weight excluding hydrogens is 296 g/mol. The Morgan fingerprint density at radius 3 is 1.87 bits per heavy atom. The van der Waals surface area contributed by atoms with E-state index in [9.17, 15) is 4.79 Å². The molecular formula is C18H18O5. The Kier molecular flexibility index (Phi) is 6.06. The van der Waals surface area contributed by atoms with Crippen LogP contribution in [0, 0.1) is 0 Å². The minimum atomic E-state index is -0.971. The largest absolute Gasteiger partial charge is 0.497 e. The van der Waals surface area contributed by atoms with Crippen LogP contribution in [0.25, 0.3) is 6.08 Å². The summed E-state index contributed by atoms with van der Waals surface area (Å²) in [6, 6.07) is 14.5. The Morgan fingerprint density at radius 2 is 1.39 bits per heavy atom. The third kappa shape index (κ3) is 5.74. The van der Waals surface area contributed by atoms with E-state index in [-0.39, 0.29) is 0 Å². The lowest BCUT2D eigenvalue weighted by molar-refractivity contribution is -0.131. The number of hydrogen-bond acceptors (Lipinski definition) is 4. The van der Waals surface area contributed by atoms with E-state index in [1.807, 2.05) is 24.3 Å². The maximum Gasteiger partial charge on any atom is 0.328 e. The van der Waals surface area contributed by atoms with Crippen LogP contribution in [0.4, 0.5) is 0 Å². The summed E-state index contributed by atoms with van der Waals surface area (Å²) in [6.45, 7) is 0.837. The van der Waals surface area contributed by atoms with Crippen molar-refractivity contribution in [1.82, 2.24) is 0 Å². The van der Waals surface area contributed by atoms with Gasteiger partial charge in [0.2, 0.25) is 0 Å². The number of carbonyl (C=O) groups is 1. The van der Waals surface area contributed by atoms with E-state index < -0.39 is 5.97 Å². The Bertz CT molecular complexity index is 644. The van der Waals surface area contributed by atoms with Crippen LogP contribution >= 0.6 is 0 Å². The first-order valence-corrected chi connectivity index (χ1v) is 7.08. The molecule has 0 aliphatic heterocycles. The Hall–Kier alpha value is -2.95. The van der Waals surface area contributed by atoms with Crippen molar-refractivity contribution in [2.75, 3.05) is 20.3 Å². The minimum absolute atomic E-state index is 0.413. The smallest absolute Gasteiger partial charge is 0.328 e. The number of methoxy groups -OCH3 is 1. The van der Waals surface area contributed by atoms with Gasteiger partial charge in [-0.1, -0.05) is 12.1 Å². The molecule has 2 rings (SSSR count). The first kappa shape index (κ1) is 16.4. The number of benzene rings is 2. The summed E-state index contributed by atoms with van der Waals surface area (Å²) in [5.41, 5.74) is 0.800. The monoisotopic (exact) mass is 314 g/mol. The van der Waals surface area contributed by atoms with Gasteiger partial charge < -0.3 is 19.3 Å². The van der Waals surface area contributed by atoms with Crippen LogP contribution in [0.1, 0.15) is 5.56 Å². The molecule has 120 valence electrons. The Labute approximate surface area is 134 Å². The van der Waals surface area contributed by atoms with Gasteiger partial charge in [0.05, 0.1) is 7.11 Å². The molecule has 0 spiro atoms. The average Bonchev–Trinajstić information content (AvgIpc) is 2.58. The van der Waals surface area contributed by atoms with Crippen molar-refractivity contribution in [1.29, 1.82) is 0 Å². The highest BCUT2D eigenvalue weighted by atomic mass is 16.5. The predicted octanol–water partition coefficient (Wildman–Crippen LogP) is 3.25. The molecule has 2 aromatic rings. The number of carboxylic acids is 1. The molecule has 0 saturated carbocycles. The molecule has 0 unspecified atom stereocenters. The highest BCUT2D eigenvalue weighted by Gasteiger charge is 1.97. The fourth-order valence-corrected chi connectivity index (χ4v) is 1.83. The van der Waals surface area contributed by atoms with Crippen LogP contribution in [0.5, 0.6) is 17.2 Å². The first-order chi connectivity index (χ1) is 11.2. The molecule has 0 aliphatic rings. The van der Waals surface area contributed by atoms with E-state index in [1.165, 1.54) is 6.08 Å². The molecule has 5 nitrogen and oxygen atoms in total. The number of carboxylic acid groups (broad SMARTS) is 1. The van der Waals surface area contributed by atoms with Gasteiger partial charge in [-0.2, -0.15) is 0 Å². The second-order valence-corrected chi connectivity index (χ2v) is 4.61. The van der Waals surface area contributed by atoms with Crippen LogP contribution in [0.3, 0.4) is 0 Å². The van der Waals surface area contributed by atoms with Crippen LogP contribution in [-0.2, 0) is 4.79 Å². The fourth-order valence-electron chi connectivity index (χ4n) is 1.83. The number of ether oxygens (including phenoxy) is 3. The van der Waals surface area contributed by atoms with Crippen molar-refractivity contribution in [2.45, 2.75) is 0 Å². The van der Waals surface area contributed by atoms with E-state index in [2.05, 4.69) is 0 Å². The highest BCUT2D eigenvalue weighted by Crippen LogP contribution is 2.17. The summed E-state index contributed by atoms with van der Waals surface area (Å²) >= 11 is 0. The molecule has 0 bridgehead atoms. The van der Waals surface area contributed by atoms with Gasteiger partial charge in [-0.25, -0.2) is 4.79 Å². The summed E-state index contributed by atoms with van der Waals surface area (Å²) in [7, 11) is 1.62. The molecule has 23 heavy (non-hydrogen) atoms. The zero-order valence-corrected chi connectivity index (χ0v) is 12.8. The third-order valence-electron chi connectivity index (χ3n) is 2.98. The lowest BCUT2D eigenvalue weighted by Gasteiger charge is -2.09. The highest BCUT2D eigenvalue weighted by molar-refractivity contribution is 5.85. The number of hydrogen-bond donors (Lipinski definition) is 1. The van der Waals surface area contributed by atoms with E-state index in [0.717, 1.165) is 23.1 Å². The lowest BCUT2D eigenvalue weighted by Crippen LogP contribution is -2.08. The second-order valence-electron chi connectivity index (χ2n) is 4.61. The van der Waals surface area contributed by atoms with Crippen LogP contribution in [0.15, 0.2) is 54.6 Å². The van der Waals surface area contributed by atoms with Crippen molar-refractivity contribution in [3.05, 3.63) is 60.2 Å². The fraction of sp³-hybridized carbons (Fsp3) is 0.167. The number of aliphatic carboxylic acids is 1. The summed E-state index contributed by atoms with van der Waals surface area (Å²) in [6.07, 6.45) is 2.62. The SMILES string of the molecule is COc1ccc(OCCOc2ccc(C=CC(=O)O)cc2)cc1. The Morgan fingerprint density at radius 1 is 0.913 bits per heavy atom. The molecule has 2 aromatic carbocycles. The van der Waals surface area contributed by atoms with Gasteiger partial charge in [0.25, 0.3) is 0 Å². The average molecular weight is 314 g/mol. The summed E-state index contributed by atoms with van der Waals surface area (Å²) in [5, 5.41) is 8.56. The minimum Gasteiger partial charge on any atom is -0.497 e. The van der Waals surface area contributed by atoms with Crippen molar-refractivity contribution >= 4 is 12.0 Å². The van der Waals surface area contributed by atoms with E-state index >= 15 is 0 Å². The molecule has 1 N–H and O–H groups in total. The van der Waals surface area contributed by atoms with Crippen molar-refractivity contribution < 1.29 is 24.1 Å². The van der Waals surface area contributed by atoms with Gasteiger partial charge >= 0.3 is 5.97 Å².